The Morgan fingerprint density at radius 1 is 0.969 bits per heavy atom. The van der Waals surface area contributed by atoms with Crippen molar-refractivity contribution in [1.29, 1.82) is 0 Å². The highest BCUT2D eigenvalue weighted by Gasteiger charge is 2.19. The van der Waals surface area contributed by atoms with Gasteiger partial charge in [-0.1, -0.05) is 55.4 Å². The second-order valence-electron chi connectivity index (χ2n) is 6.57. The first-order valence-corrected chi connectivity index (χ1v) is 13.1. The Bertz CT molecular complexity index is 397. The molecule has 0 rings (SSSR count). The summed E-state index contributed by atoms with van der Waals surface area (Å²) in [6.45, 7) is 20.3. The maximum Gasteiger partial charge on any atom is 0.233 e. The maximum atomic E-state index is 11.8. The van der Waals surface area contributed by atoms with Crippen LogP contribution in [0, 0.1) is 5.92 Å². The molecule has 0 bridgehead atoms. The summed E-state index contributed by atoms with van der Waals surface area (Å²) >= 11 is 1.22. The van der Waals surface area contributed by atoms with Gasteiger partial charge in [-0.25, -0.2) is 0 Å². The molecule has 8 heteroatoms. The summed E-state index contributed by atoms with van der Waals surface area (Å²) in [5, 5.41) is 5.24. The van der Waals surface area contributed by atoms with E-state index in [0.29, 0.717) is 38.4 Å². The lowest BCUT2D eigenvalue weighted by molar-refractivity contribution is -0.122. The van der Waals surface area contributed by atoms with Gasteiger partial charge in [-0.15, -0.1) is 11.8 Å². The molecule has 0 spiro atoms. The van der Waals surface area contributed by atoms with Gasteiger partial charge in [-0.2, -0.15) is 0 Å². The van der Waals surface area contributed by atoms with Crippen LogP contribution in [0.25, 0.3) is 0 Å². The third kappa shape index (κ3) is 33.7. The van der Waals surface area contributed by atoms with Gasteiger partial charge in [0.15, 0.2) is 0 Å². The van der Waals surface area contributed by atoms with Crippen molar-refractivity contribution in [2.45, 2.75) is 79.9 Å². The van der Waals surface area contributed by atoms with Crippen molar-refractivity contribution in [3.8, 4) is 0 Å². The van der Waals surface area contributed by atoms with Gasteiger partial charge in [-0.05, 0) is 19.4 Å². The van der Waals surface area contributed by atoms with Crippen molar-refractivity contribution in [3.05, 3.63) is 0 Å². The fourth-order valence-corrected chi connectivity index (χ4v) is 2.77. The van der Waals surface area contributed by atoms with Crippen LogP contribution in [-0.4, -0.2) is 75.5 Å². The zero-order valence-corrected chi connectivity index (χ0v) is 23.1. The number of carbonyl (C=O) groups excluding carboxylic acids is 3. The normalized spacial score (nSPS) is 10.4. The Morgan fingerprint density at radius 2 is 1.56 bits per heavy atom. The van der Waals surface area contributed by atoms with Gasteiger partial charge < -0.3 is 24.9 Å². The zero-order chi connectivity index (χ0) is 25.6. The molecular weight excluding hydrogens is 428 g/mol. The van der Waals surface area contributed by atoms with Crippen LogP contribution in [0.5, 0.6) is 0 Å². The number of hydrogen-bond acceptors (Lipinski definition) is 7. The first-order valence-electron chi connectivity index (χ1n) is 12.1. The number of carbonyl (C=O) groups is 3. The van der Waals surface area contributed by atoms with Crippen molar-refractivity contribution < 1.29 is 23.9 Å². The van der Waals surface area contributed by atoms with Crippen molar-refractivity contribution >= 4 is 29.7 Å². The third-order valence-electron chi connectivity index (χ3n) is 3.28. The molecule has 0 fully saturated rings. The maximum absolute atomic E-state index is 11.8. The fourth-order valence-electron chi connectivity index (χ4n) is 1.73. The van der Waals surface area contributed by atoms with Crippen molar-refractivity contribution in [3.63, 3.8) is 0 Å². The average molecular weight is 481 g/mol. The number of ketones is 1. The zero-order valence-electron chi connectivity index (χ0n) is 22.3. The third-order valence-corrected chi connectivity index (χ3v) is 4.58. The van der Waals surface area contributed by atoms with E-state index in [2.05, 4.69) is 24.5 Å². The Balaban J connectivity index is -0.000000252. The van der Waals surface area contributed by atoms with Gasteiger partial charge in [0, 0.05) is 39.1 Å². The summed E-state index contributed by atoms with van der Waals surface area (Å²) in [5.41, 5.74) is 0. The van der Waals surface area contributed by atoms with Crippen LogP contribution in [0.4, 0.5) is 0 Å². The SMILES string of the molecule is CC.CC.CCCOCCNC(=O)C(CC=O)SCC(=O)CC.CNCCOCC(C)C. The monoisotopic (exact) mass is 480 g/mol. The molecule has 32 heavy (non-hydrogen) atoms. The van der Waals surface area contributed by atoms with Crippen molar-refractivity contribution in [2.24, 2.45) is 5.92 Å². The molecule has 1 atom stereocenters. The molecule has 0 saturated heterocycles. The number of nitrogens with one attached hydrogen (secondary N) is 2. The van der Waals surface area contributed by atoms with Crippen molar-refractivity contribution in [1.82, 2.24) is 10.6 Å². The van der Waals surface area contributed by atoms with Crippen molar-refractivity contribution in [2.75, 3.05) is 52.3 Å². The predicted molar refractivity (Wildman–Crippen MR) is 139 cm³/mol. The lowest BCUT2D eigenvalue weighted by atomic mass is 10.2. The molecule has 0 aromatic rings. The minimum Gasteiger partial charge on any atom is -0.380 e. The lowest BCUT2D eigenvalue weighted by Crippen LogP contribution is -2.35. The number of ether oxygens (including phenoxy) is 2. The molecule has 0 aromatic heterocycles. The predicted octanol–water partition coefficient (Wildman–Crippen LogP) is 4.13. The number of rotatable bonds is 17. The van der Waals surface area contributed by atoms with Crippen LogP contribution in [0.1, 0.15) is 74.7 Å². The van der Waals surface area contributed by atoms with Crippen LogP contribution < -0.4 is 10.6 Å². The van der Waals surface area contributed by atoms with Crippen LogP contribution in [0.2, 0.25) is 0 Å². The molecule has 0 heterocycles. The molecule has 0 aliphatic heterocycles. The Kier molecular flexibility index (Phi) is 41.5. The van der Waals surface area contributed by atoms with Gasteiger partial charge in [0.05, 0.1) is 24.2 Å². The topological polar surface area (TPSA) is 93.7 Å². The summed E-state index contributed by atoms with van der Waals surface area (Å²) in [5.74, 6) is 0.803. The minimum absolute atomic E-state index is 0.0833. The standard InChI is InChI=1S/C13H23NO4S.C7H17NO.2C2H6/c1-3-8-18-9-6-14-13(17)12(5-7-15)19-10-11(16)4-2;1-7(2)6-9-5-4-8-3;2*1-2/h7,12H,3-6,8-10H2,1-2H3,(H,14,17);7-8H,4-6H2,1-3H3;2*1-2H3. The first-order chi connectivity index (χ1) is 15.4. The second-order valence-corrected chi connectivity index (χ2v) is 7.76. The second kappa shape index (κ2) is 34.6. The van der Waals surface area contributed by atoms with E-state index in [4.69, 9.17) is 9.47 Å². The average Bonchev–Trinajstić information content (AvgIpc) is 2.81. The van der Waals surface area contributed by atoms with Crippen LogP contribution in [-0.2, 0) is 23.9 Å². The van der Waals surface area contributed by atoms with E-state index in [1.54, 1.807) is 6.92 Å². The largest absolute Gasteiger partial charge is 0.380 e. The molecule has 2 N–H and O–H groups in total. The first kappa shape index (κ1) is 38.3. The summed E-state index contributed by atoms with van der Waals surface area (Å²) in [6.07, 6.45) is 2.23. The van der Waals surface area contributed by atoms with E-state index >= 15 is 0 Å². The van der Waals surface area contributed by atoms with Gasteiger partial charge in [0.1, 0.15) is 12.1 Å². The van der Waals surface area contributed by atoms with Crippen LogP contribution >= 0.6 is 11.8 Å². The van der Waals surface area contributed by atoms with Gasteiger partial charge in [0.25, 0.3) is 0 Å². The summed E-state index contributed by atoms with van der Waals surface area (Å²) < 4.78 is 10.5. The molecular formula is C24H52N2O5S. The lowest BCUT2D eigenvalue weighted by Gasteiger charge is -2.13. The number of likely N-dealkylation sites (N-methyl/N-ethyl adjacent to an activating group) is 1. The number of Topliss-reactive ketones (excluding diaryl/α,β-unsaturated/α-hetero) is 1. The summed E-state index contributed by atoms with van der Waals surface area (Å²) in [4.78, 5) is 33.6. The van der Waals surface area contributed by atoms with Crippen LogP contribution in [0.3, 0.4) is 0 Å². The quantitative estimate of drug-likeness (QED) is 0.239. The molecule has 0 aliphatic carbocycles. The van der Waals surface area contributed by atoms with E-state index in [1.807, 2.05) is 41.7 Å². The van der Waals surface area contributed by atoms with Gasteiger partial charge >= 0.3 is 0 Å². The van der Waals surface area contributed by atoms with E-state index in [-0.39, 0.29) is 23.9 Å². The van der Waals surface area contributed by atoms with E-state index in [9.17, 15) is 14.4 Å². The Morgan fingerprint density at radius 3 is 2.03 bits per heavy atom. The smallest absolute Gasteiger partial charge is 0.233 e. The molecule has 0 aliphatic rings. The fraction of sp³-hybridized carbons (Fsp3) is 0.875. The van der Waals surface area contributed by atoms with Gasteiger partial charge in [0.2, 0.25) is 5.91 Å². The van der Waals surface area contributed by atoms with E-state index in [0.717, 1.165) is 26.2 Å². The van der Waals surface area contributed by atoms with E-state index < -0.39 is 5.25 Å². The highest BCUT2D eigenvalue weighted by atomic mass is 32.2. The molecule has 7 nitrogen and oxygen atoms in total. The molecule has 0 radical (unpaired) electrons. The molecule has 1 unspecified atom stereocenters. The highest BCUT2D eigenvalue weighted by molar-refractivity contribution is 8.01. The van der Waals surface area contributed by atoms with E-state index in [1.165, 1.54) is 11.8 Å². The summed E-state index contributed by atoms with van der Waals surface area (Å²) in [6, 6.07) is 0. The molecule has 0 saturated carbocycles. The minimum atomic E-state index is -0.487. The molecule has 0 aromatic carbocycles. The number of thioether (sulfide) groups is 1. The number of hydrogen-bond donors (Lipinski definition) is 2. The Labute approximate surface area is 202 Å². The number of aldehydes is 1. The molecule has 194 valence electrons. The number of amides is 1. The van der Waals surface area contributed by atoms with Gasteiger partial charge in [-0.3, -0.25) is 9.59 Å². The highest BCUT2D eigenvalue weighted by Crippen LogP contribution is 2.14. The summed E-state index contributed by atoms with van der Waals surface area (Å²) in [7, 11) is 1.93. The molecule has 1 amide bonds. The van der Waals surface area contributed by atoms with Crippen LogP contribution in [0.15, 0.2) is 0 Å². The Hall–Kier alpha value is -0.960.